The first kappa shape index (κ1) is 13.0. The number of aliphatic hydroxyl groups excluding tert-OH is 2. The summed E-state index contributed by atoms with van der Waals surface area (Å²) in [7, 11) is 0. The number of carboxylic acid groups (broad SMARTS) is 1. The molecule has 0 bridgehead atoms. The molecule has 0 aliphatic rings. The molecule has 0 saturated heterocycles. The Morgan fingerprint density at radius 1 is 1.00 bits per heavy atom. The molecule has 0 heterocycles. The van der Waals surface area contributed by atoms with Crippen LogP contribution in [0.2, 0.25) is 0 Å². The molecule has 3 N–H and O–H groups in total. The van der Waals surface area contributed by atoms with E-state index in [-0.39, 0.29) is 12.4 Å². The zero-order chi connectivity index (χ0) is 10.8. The van der Waals surface area contributed by atoms with Crippen LogP contribution in [0.15, 0.2) is 11.8 Å². The van der Waals surface area contributed by atoms with E-state index in [0.29, 0.717) is 6.42 Å². The molecule has 82 valence electrons. The Morgan fingerprint density at radius 3 is 2.14 bits per heavy atom. The number of hydrogen-bond donors (Lipinski definition) is 3. The van der Waals surface area contributed by atoms with Crippen molar-refractivity contribution in [2.45, 2.75) is 38.5 Å². The van der Waals surface area contributed by atoms with E-state index in [4.69, 9.17) is 15.3 Å². The fourth-order valence-corrected chi connectivity index (χ4v) is 1.16. The van der Waals surface area contributed by atoms with Crippen LogP contribution in [0.4, 0.5) is 0 Å². The van der Waals surface area contributed by atoms with E-state index in [2.05, 4.69) is 0 Å². The maximum Gasteiger partial charge on any atom is 0.331 e. The van der Waals surface area contributed by atoms with Gasteiger partial charge in [0.2, 0.25) is 0 Å². The van der Waals surface area contributed by atoms with Crippen molar-refractivity contribution in [3.05, 3.63) is 11.8 Å². The average molecular weight is 202 g/mol. The minimum atomic E-state index is -1.11. The third kappa shape index (κ3) is 9.06. The topological polar surface area (TPSA) is 77.8 Å². The summed E-state index contributed by atoms with van der Waals surface area (Å²) >= 11 is 0. The summed E-state index contributed by atoms with van der Waals surface area (Å²) < 4.78 is 0. The molecular formula is C10H18O4. The molecule has 14 heavy (non-hydrogen) atoms. The third-order valence-electron chi connectivity index (χ3n) is 1.88. The van der Waals surface area contributed by atoms with Gasteiger partial charge >= 0.3 is 5.97 Å². The number of carbonyl (C=O) groups is 1. The first-order chi connectivity index (χ1) is 6.66. The van der Waals surface area contributed by atoms with Gasteiger partial charge < -0.3 is 15.3 Å². The zero-order valence-electron chi connectivity index (χ0n) is 8.28. The second kappa shape index (κ2) is 8.56. The predicted octanol–water partition coefficient (Wildman–Crippen LogP) is 1.85. The first-order valence-corrected chi connectivity index (χ1v) is 4.90. The number of aliphatic hydroxyl groups is 2. The van der Waals surface area contributed by atoms with Gasteiger partial charge in [-0.05, 0) is 12.8 Å². The summed E-state index contributed by atoms with van der Waals surface area (Å²) in [5.74, 6) is -1.18. The van der Waals surface area contributed by atoms with Gasteiger partial charge in [-0.25, -0.2) is 4.79 Å². The minimum Gasteiger partial charge on any atom is -0.512 e. The molecule has 0 aromatic carbocycles. The van der Waals surface area contributed by atoms with Gasteiger partial charge in [-0.2, -0.15) is 0 Å². The van der Waals surface area contributed by atoms with Crippen molar-refractivity contribution in [3.63, 3.8) is 0 Å². The molecule has 0 rings (SSSR count). The summed E-state index contributed by atoms with van der Waals surface area (Å²) in [5, 5.41) is 25.9. The highest BCUT2D eigenvalue weighted by molar-refractivity contribution is 5.80. The van der Waals surface area contributed by atoms with Gasteiger partial charge in [0.25, 0.3) is 0 Å². The third-order valence-corrected chi connectivity index (χ3v) is 1.88. The average Bonchev–Trinajstić information content (AvgIpc) is 2.10. The fourth-order valence-electron chi connectivity index (χ4n) is 1.16. The molecular weight excluding hydrogens is 184 g/mol. The smallest absolute Gasteiger partial charge is 0.331 e. The molecule has 0 aliphatic carbocycles. The number of allylic oxidation sites excluding steroid dienone is 1. The second-order valence-electron chi connectivity index (χ2n) is 3.22. The minimum absolute atomic E-state index is 0.0698. The Morgan fingerprint density at radius 2 is 1.57 bits per heavy atom. The van der Waals surface area contributed by atoms with Crippen molar-refractivity contribution < 1.29 is 20.1 Å². The highest BCUT2D eigenvalue weighted by Gasteiger charge is 1.97. The van der Waals surface area contributed by atoms with E-state index in [9.17, 15) is 4.79 Å². The van der Waals surface area contributed by atoms with E-state index in [1.165, 1.54) is 0 Å². The molecule has 0 aromatic heterocycles. The lowest BCUT2D eigenvalue weighted by Crippen LogP contribution is -1.92. The van der Waals surface area contributed by atoms with Gasteiger partial charge in [0.1, 0.15) is 0 Å². The summed E-state index contributed by atoms with van der Waals surface area (Å²) in [6.07, 6.45) is 5.81. The molecule has 0 unspecified atom stereocenters. The van der Waals surface area contributed by atoms with Crippen molar-refractivity contribution in [2.24, 2.45) is 0 Å². The standard InChI is InChI=1S/C10H18O4/c11-7-5-3-1-2-4-6-9(12)8-10(13)14/h8,11-12H,1-7H2,(H,13,14). The van der Waals surface area contributed by atoms with Gasteiger partial charge in [0, 0.05) is 13.0 Å². The largest absolute Gasteiger partial charge is 0.512 e. The summed E-state index contributed by atoms with van der Waals surface area (Å²) in [6.45, 7) is 0.226. The van der Waals surface area contributed by atoms with Crippen molar-refractivity contribution in [1.29, 1.82) is 0 Å². The SMILES string of the molecule is O=C(O)C=C(O)CCCCCCCO. The van der Waals surface area contributed by atoms with E-state index < -0.39 is 5.97 Å². The highest BCUT2D eigenvalue weighted by Crippen LogP contribution is 2.08. The van der Waals surface area contributed by atoms with Crippen LogP contribution in [0.5, 0.6) is 0 Å². The lowest BCUT2D eigenvalue weighted by atomic mass is 10.1. The molecule has 0 radical (unpaired) electrons. The lowest BCUT2D eigenvalue weighted by molar-refractivity contribution is -0.131. The quantitative estimate of drug-likeness (QED) is 0.319. The molecule has 4 heteroatoms. The van der Waals surface area contributed by atoms with Crippen LogP contribution in [0.25, 0.3) is 0 Å². The Kier molecular flexibility index (Phi) is 7.93. The summed E-state index contributed by atoms with van der Waals surface area (Å²) in [5.41, 5.74) is 0. The highest BCUT2D eigenvalue weighted by atomic mass is 16.4. The van der Waals surface area contributed by atoms with E-state index in [1.807, 2.05) is 0 Å². The van der Waals surface area contributed by atoms with Gasteiger partial charge in [-0.15, -0.1) is 0 Å². The molecule has 0 fully saturated rings. The molecule has 0 amide bonds. The molecule has 4 nitrogen and oxygen atoms in total. The van der Waals surface area contributed by atoms with Crippen LogP contribution in [0, 0.1) is 0 Å². The number of unbranched alkanes of at least 4 members (excludes halogenated alkanes) is 4. The maximum absolute atomic E-state index is 10.1. The van der Waals surface area contributed by atoms with Crippen LogP contribution in [0.1, 0.15) is 38.5 Å². The van der Waals surface area contributed by atoms with Crippen LogP contribution >= 0.6 is 0 Å². The van der Waals surface area contributed by atoms with E-state index >= 15 is 0 Å². The van der Waals surface area contributed by atoms with Gasteiger partial charge in [0.05, 0.1) is 11.8 Å². The number of aliphatic carboxylic acids is 1. The van der Waals surface area contributed by atoms with Crippen molar-refractivity contribution in [2.75, 3.05) is 6.61 Å². The fraction of sp³-hybridized carbons (Fsp3) is 0.700. The molecule has 0 aliphatic heterocycles. The Labute approximate surface area is 83.9 Å². The monoisotopic (exact) mass is 202 g/mol. The maximum atomic E-state index is 10.1. The van der Waals surface area contributed by atoms with Gasteiger partial charge in [-0.3, -0.25) is 0 Å². The van der Waals surface area contributed by atoms with Crippen LogP contribution < -0.4 is 0 Å². The summed E-state index contributed by atoms with van der Waals surface area (Å²) in [4.78, 5) is 10.1. The Bertz CT molecular complexity index is 187. The van der Waals surface area contributed by atoms with Crippen LogP contribution in [0.3, 0.4) is 0 Å². The van der Waals surface area contributed by atoms with Crippen molar-refractivity contribution >= 4 is 5.97 Å². The normalized spacial score (nSPS) is 11.6. The molecule has 0 spiro atoms. The zero-order valence-corrected chi connectivity index (χ0v) is 8.28. The first-order valence-electron chi connectivity index (χ1n) is 4.90. The molecule has 0 aromatic rings. The van der Waals surface area contributed by atoms with Gasteiger partial charge in [-0.1, -0.05) is 19.3 Å². The van der Waals surface area contributed by atoms with Gasteiger partial charge in [0.15, 0.2) is 0 Å². The number of rotatable bonds is 8. The molecule has 0 saturated carbocycles. The van der Waals surface area contributed by atoms with E-state index in [1.54, 1.807) is 0 Å². The van der Waals surface area contributed by atoms with Crippen molar-refractivity contribution in [3.8, 4) is 0 Å². The van der Waals surface area contributed by atoms with Crippen molar-refractivity contribution in [1.82, 2.24) is 0 Å². The predicted molar refractivity (Wildman–Crippen MR) is 53.1 cm³/mol. The van der Waals surface area contributed by atoms with Crippen LogP contribution in [-0.4, -0.2) is 27.9 Å². The number of hydrogen-bond acceptors (Lipinski definition) is 3. The molecule has 0 atom stereocenters. The lowest BCUT2D eigenvalue weighted by Gasteiger charge is -1.99. The Balaban J connectivity index is 3.31. The Hall–Kier alpha value is -1.03. The van der Waals surface area contributed by atoms with E-state index in [0.717, 1.165) is 38.2 Å². The second-order valence-corrected chi connectivity index (χ2v) is 3.22. The number of carboxylic acids is 1. The van der Waals surface area contributed by atoms with Crippen LogP contribution in [-0.2, 0) is 4.79 Å². The summed E-state index contributed by atoms with van der Waals surface area (Å²) in [6, 6.07) is 0.